The Labute approximate surface area is 177 Å². The second-order valence-corrected chi connectivity index (χ2v) is 7.49. The molecule has 1 aliphatic rings. The Morgan fingerprint density at radius 3 is 2.47 bits per heavy atom. The van der Waals surface area contributed by atoms with Crippen molar-refractivity contribution in [3.8, 4) is 17.0 Å². The van der Waals surface area contributed by atoms with Crippen molar-refractivity contribution in [2.75, 3.05) is 38.2 Å². The van der Waals surface area contributed by atoms with Crippen LogP contribution < -0.4 is 9.64 Å². The van der Waals surface area contributed by atoms with Crippen LogP contribution in [0.5, 0.6) is 5.75 Å². The van der Waals surface area contributed by atoms with Gasteiger partial charge in [0.1, 0.15) is 5.75 Å². The molecule has 0 saturated carbocycles. The summed E-state index contributed by atoms with van der Waals surface area (Å²) < 4.78 is 5.24. The number of ether oxygens (including phenoxy) is 1. The van der Waals surface area contributed by atoms with Crippen molar-refractivity contribution in [1.82, 2.24) is 15.1 Å². The van der Waals surface area contributed by atoms with Gasteiger partial charge in [-0.05, 0) is 42.3 Å². The van der Waals surface area contributed by atoms with Gasteiger partial charge in [-0.25, -0.2) is 0 Å². The Morgan fingerprint density at radius 2 is 1.77 bits per heavy atom. The predicted molar refractivity (Wildman–Crippen MR) is 118 cm³/mol. The third-order valence-electron chi connectivity index (χ3n) is 5.52. The summed E-state index contributed by atoms with van der Waals surface area (Å²) in [5, 5.41) is 8.86. The molecule has 1 aliphatic heterocycles. The van der Waals surface area contributed by atoms with E-state index in [2.05, 4.69) is 34.2 Å². The minimum absolute atomic E-state index is 0.142. The van der Waals surface area contributed by atoms with Gasteiger partial charge in [-0.1, -0.05) is 36.4 Å². The number of anilines is 1. The van der Waals surface area contributed by atoms with E-state index in [9.17, 15) is 4.79 Å². The Hall–Kier alpha value is -3.41. The van der Waals surface area contributed by atoms with Crippen LogP contribution in [-0.4, -0.2) is 54.3 Å². The average molecular weight is 402 g/mol. The van der Waals surface area contributed by atoms with Gasteiger partial charge in [0.25, 0.3) is 0 Å². The minimum atomic E-state index is 0.142. The lowest BCUT2D eigenvalue weighted by Gasteiger charge is -2.35. The van der Waals surface area contributed by atoms with E-state index in [4.69, 9.17) is 4.74 Å². The highest BCUT2D eigenvalue weighted by Gasteiger charge is 2.22. The van der Waals surface area contributed by atoms with E-state index in [1.807, 2.05) is 53.4 Å². The monoisotopic (exact) mass is 402 g/mol. The second-order valence-electron chi connectivity index (χ2n) is 7.49. The Morgan fingerprint density at radius 1 is 0.967 bits per heavy atom. The third-order valence-corrected chi connectivity index (χ3v) is 5.52. The molecule has 0 unspecified atom stereocenters. The van der Waals surface area contributed by atoms with E-state index >= 15 is 0 Å². The number of aryl methyl sites for hydroxylation is 1. The largest absolute Gasteiger partial charge is 0.497 e. The normalized spacial score (nSPS) is 13.9. The number of benzene rings is 2. The molecule has 0 aliphatic carbocycles. The van der Waals surface area contributed by atoms with E-state index in [1.165, 1.54) is 5.56 Å². The van der Waals surface area contributed by atoms with Crippen molar-refractivity contribution < 1.29 is 9.53 Å². The average Bonchev–Trinajstić information content (AvgIpc) is 2.80. The van der Waals surface area contributed by atoms with Crippen LogP contribution in [0, 0.1) is 6.92 Å². The van der Waals surface area contributed by atoms with Gasteiger partial charge in [0, 0.05) is 31.7 Å². The Kier molecular flexibility index (Phi) is 5.93. The highest BCUT2D eigenvalue weighted by Crippen LogP contribution is 2.22. The molecule has 1 saturated heterocycles. The first kappa shape index (κ1) is 19.9. The zero-order valence-corrected chi connectivity index (χ0v) is 17.4. The quantitative estimate of drug-likeness (QED) is 0.655. The number of nitrogens with zero attached hydrogens (tertiary/aromatic N) is 4. The van der Waals surface area contributed by atoms with Gasteiger partial charge in [0.05, 0.1) is 19.2 Å². The molecule has 1 amide bonds. The number of carbonyl (C=O) groups is 1. The molecular formula is C24H26N4O2. The van der Waals surface area contributed by atoms with Crippen LogP contribution in [0.4, 0.5) is 5.82 Å². The van der Waals surface area contributed by atoms with Crippen LogP contribution in [0.25, 0.3) is 11.3 Å². The van der Waals surface area contributed by atoms with E-state index in [1.54, 1.807) is 7.11 Å². The highest BCUT2D eigenvalue weighted by atomic mass is 16.5. The molecule has 30 heavy (non-hydrogen) atoms. The number of amides is 1. The van der Waals surface area contributed by atoms with Crippen molar-refractivity contribution in [1.29, 1.82) is 0 Å². The summed E-state index contributed by atoms with van der Waals surface area (Å²) in [6.45, 7) is 4.95. The second kappa shape index (κ2) is 8.95. The maximum atomic E-state index is 12.7. The van der Waals surface area contributed by atoms with Crippen LogP contribution >= 0.6 is 0 Å². The first-order valence-electron chi connectivity index (χ1n) is 10.2. The molecule has 0 radical (unpaired) electrons. The van der Waals surface area contributed by atoms with E-state index in [0.717, 1.165) is 41.5 Å². The maximum Gasteiger partial charge on any atom is 0.227 e. The first-order chi connectivity index (χ1) is 14.6. The molecule has 2 aromatic carbocycles. The molecule has 3 aromatic rings. The molecular weight excluding hydrogens is 376 g/mol. The fourth-order valence-electron chi connectivity index (χ4n) is 3.75. The number of carbonyl (C=O) groups excluding carboxylic acids is 1. The van der Waals surface area contributed by atoms with E-state index in [0.29, 0.717) is 19.5 Å². The van der Waals surface area contributed by atoms with Gasteiger partial charge in [0.2, 0.25) is 5.91 Å². The first-order valence-corrected chi connectivity index (χ1v) is 10.2. The Bertz CT molecular complexity index is 1010. The molecule has 1 aromatic heterocycles. The summed E-state index contributed by atoms with van der Waals surface area (Å²) in [5.41, 5.74) is 4.13. The SMILES string of the molecule is COc1cccc(CC(=O)N2CCN(c3ccc(-c4ccccc4C)nn3)CC2)c1. The van der Waals surface area contributed by atoms with Crippen molar-refractivity contribution in [2.24, 2.45) is 0 Å². The summed E-state index contributed by atoms with van der Waals surface area (Å²) in [7, 11) is 1.64. The van der Waals surface area contributed by atoms with Crippen molar-refractivity contribution in [3.05, 3.63) is 71.8 Å². The molecule has 6 nitrogen and oxygen atoms in total. The van der Waals surface area contributed by atoms with Crippen LogP contribution in [0.1, 0.15) is 11.1 Å². The van der Waals surface area contributed by atoms with Gasteiger partial charge in [0.15, 0.2) is 5.82 Å². The van der Waals surface area contributed by atoms with E-state index < -0.39 is 0 Å². The maximum absolute atomic E-state index is 12.7. The van der Waals surface area contributed by atoms with Crippen LogP contribution in [0.2, 0.25) is 0 Å². The Balaban J connectivity index is 1.35. The number of rotatable bonds is 5. The molecule has 0 N–H and O–H groups in total. The molecule has 2 heterocycles. The fourth-order valence-corrected chi connectivity index (χ4v) is 3.75. The van der Waals surface area contributed by atoms with Gasteiger partial charge in [-0.15, -0.1) is 10.2 Å². The number of methoxy groups -OCH3 is 1. The molecule has 154 valence electrons. The van der Waals surface area contributed by atoms with Crippen LogP contribution in [0.15, 0.2) is 60.7 Å². The van der Waals surface area contributed by atoms with Gasteiger partial charge < -0.3 is 14.5 Å². The van der Waals surface area contributed by atoms with Crippen LogP contribution in [0.3, 0.4) is 0 Å². The van der Waals surface area contributed by atoms with Gasteiger partial charge in [-0.3, -0.25) is 4.79 Å². The lowest BCUT2D eigenvalue weighted by molar-refractivity contribution is -0.130. The van der Waals surface area contributed by atoms with Gasteiger partial charge in [-0.2, -0.15) is 0 Å². The van der Waals surface area contributed by atoms with Crippen molar-refractivity contribution >= 4 is 11.7 Å². The smallest absolute Gasteiger partial charge is 0.227 e. The zero-order valence-electron chi connectivity index (χ0n) is 17.4. The van der Waals surface area contributed by atoms with Gasteiger partial charge >= 0.3 is 0 Å². The summed E-state index contributed by atoms with van der Waals surface area (Å²) in [4.78, 5) is 16.8. The number of aromatic nitrogens is 2. The third kappa shape index (κ3) is 4.43. The molecule has 4 rings (SSSR count). The topological polar surface area (TPSA) is 58.6 Å². The summed E-state index contributed by atoms with van der Waals surface area (Å²) in [5.74, 6) is 1.77. The summed E-state index contributed by atoms with van der Waals surface area (Å²) in [6, 6.07) is 19.9. The molecule has 1 fully saturated rings. The number of piperazine rings is 1. The molecule has 0 atom stereocenters. The molecule has 0 bridgehead atoms. The minimum Gasteiger partial charge on any atom is -0.497 e. The fraction of sp³-hybridized carbons (Fsp3) is 0.292. The summed E-state index contributed by atoms with van der Waals surface area (Å²) >= 11 is 0. The van der Waals surface area contributed by atoms with Crippen molar-refractivity contribution in [2.45, 2.75) is 13.3 Å². The van der Waals surface area contributed by atoms with Crippen LogP contribution in [-0.2, 0) is 11.2 Å². The lowest BCUT2D eigenvalue weighted by atomic mass is 10.1. The number of hydrogen-bond acceptors (Lipinski definition) is 5. The van der Waals surface area contributed by atoms with E-state index in [-0.39, 0.29) is 5.91 Å². The summed E-state index contributed by atoms with van der Waals surface area (Å²) in [6.07, 6.45) is 0.391. The van der Waals surface area contributed by atoms with Crippen molar-refractivity contribution in [3.63, 3.8) is 0 Å². The standard InChI is InChI=1S/C24H26N4O2/c1-18-6-3-4-9-21(18)22-10-11-23(26-25-22)27-12-14-28(15-13-27)24(29)17-19-7-5-8-20(16-19)30-2/h3-11,16H,12-15,17H2,1-2H3. The zero-order chi connectivity index (χ0) is 20.9. The molecule has 0 spiro atoms. The number of hydrogen-bond donors (Lipinski definition) is 0. The highest BCUT2D eigenvalue weighted by molar-refractivity contribution is 5.79. The molecule has 6 heteroatoms. The lowest BCUT2D eigenvalue weighted by Crippen LogP contribution is -2.49. The predicted octanol–water partition coefficient (Wildman–Crippen LogP) is 3.35.